The van der Waals surface area contributed by atoms with Gasteiger partial charge in [0.15, 0.2) is 0 Å². The third-order valence-electron chi connectivity index (χ3n) is 10.9. The van der Waals surface area contributed by atoms with Gasteiger partial charge in [-0.15, -0.1) is 0 Å². The number of rotatable bonds is 9. The Balaban J connectivity index is 0.955. The van der Waals surface area contributed by atoms with Crippen LogP contribution in [-0.4, -0.2) is 72.9 Å². The molecule has 3 aliphatic rings. The van der Waals surface area contributed by atoms with Crippen molar-refractivity contribution < 1.29 is 14.3 Å². The minimum absolute atomic E-state index is 0.0609. The van der Waals surface area contributed by atoms with E-state index in [1.54, 1.807) is 7.11 Å². The lowest BCUT2D eigenvalue weighted by Gasteiger charge is -2.39. The first-order valence-electron chi connectivity index (χ1n) is 17.2. The monoisotopic (exact) mass is 705 g/mol. The summed E-state index contributed by atoms with van der Waals surface area (Å²) < 4.78 is 6.48. The van der Waals surface area contributed by atoms with E-state index < -0.39 is 0 Å². The first kappa shape index (κ1) is 32.6. The molecule has 3 heterocycles. The van der Waals surface area contributed by atoms with E-state index in [2.05, 4.69) is 105 Å². The highest BCUT2D eigenvalue weighted by molar-refractivity contribution is 9.10. The quantitative estimate of drug-likeness (QED) is 0.182. The van der Waals surface area contributed by atoms with E-state index in [4.69, 9.17) is 4.74 Å². The zero-order valence-corrected chi connectivity index (χ0v) is 29.3. The number of carbonyl (C=O) groups is 2. The van der Waals surface area contributed by atoms with Crippen molar-refractivity contribution in [2.75, 3.05) is 46.4 Å². The van der Waals surface area contributed by atoms with Crippen LogP contribution in [0, 0.1) is 11.3 Å². The molecule has 6 nitrogen and oxygen atoms in total. The summed E-state index contributed by atoms with van der Waals surface area (Å²) in [5.74, 6) is 1.70. The first-order valence-corrected chi connectivity index (χ1v) is 18.0. The van der Waals surface area contributed by atoms with Gasteiger partial charge in [0, 0.05) is 48.7 Å². The Kier molecular flexibility index (Phi) is 9.69. The summed E-state index contributed by atoms with van der Waals surface area (Å²) >= 11 is 3.51. The second-order valence-corrected chi connectivity index (χ2v) is 14.8. The molecule has 7 rings (SSSR count). The molecule has 0 radical (unpaired) electrons. The smallest absolute Gasteiger partial charge is 0.254 e. The van der Waals surface area contributed by atoms with Gasteiger partial charge < -0.3 is 19.4 Å². The van der Waals surface area contributed by atoms with Crippen LogP contribution in [0.15, 0.2) is 108 Å². The molecule has 4 aromatic rings. The second kappa shape index (κ2) is 14.3. The largest absolute Gasteiger partial charge is 0.497 e. The van der Waals surface area contributed by atoms with E-state index in [0.29, 0.717) is 36.2 Å². The van der Waals surface area contributed by atoms with Crippen LogP contribution in [0.25, 0.3) is 0 Å². The van der Waals surface area contributed by atoms with Crippen LogP contribution >= 0.6 is 15.9 Å². The number of nitrogens with zero attached hydrogens (tertiary/aromatic N) is 3. The van der Waals surface area contributed by atoms with Crippen LogP contribution in [0.2, 0.25) is 0 Å². The molecule has 0 bridgehead atoms. The maximum Gasteiger partial charge on any atom is 0.254 e. The van der Waals surface area contributed by atoms with Crippen molar-refractivity contribution in [1.29, 1.82) is 0 Å². The van der Waals surface area contributed by atoms with E-state index in [9.17, 15) is 9.59 Å². The van der Waals surface area contributed by atoms with E-state index in [-0.39, 0.29) is 17.2 Å². The number of amides is 2. The van der Waals surface area contributed by atoms with E-state index in [1.807, 2.05) is 29.2 Å². The van der Waals surface area contributed by atoms with Crippen LogP contribution in [0.4, 0.5) is 0 Å². The molecule has 0 saturated carbocycles. The Labute approximate surface area is 292 Å². The summed E-state index contributed by atoms with van der Waals surface area (Å²) in [6, 6.07) is 35.3. The highest BCUT2D eigenvalue weighted by Gasteiger charge is 2.48. The van der Waals surface area contributed by atoms with Crippen molar-refractivity contribution in [1.82, 2.24) is 14.7 Å². The summed E-state index contributed by atoms with van der Waals surface area (Å²) in [6.45, 7) is 5.73. The van der Waals surface area contributed by atoms with Crippen LogP contribution in [-0.2, 0) is 17.8 Å². The van der Waals surface area contributed by atoms with Crippen molar-refractivity contribution in [3.05, 3.63) is 135 Å². The lowest BCUT2D eigenvalue weighted by Crippen LogP contribution is -2.46. The molecule has 2 atom stereocenters. The highest BCUT2D eigenvalue weighted by Crippen LogP contribution is 2.43. The highest BCUT2D eigenvalue weighted by atomic mass is 79.9. The van der Waals surface area contributed by atoms with Crippen molar-refractivity contribution in [2.24, 2.45) is 11.3 Å². The number of likely N-dealkylation sites (tertiary alicyclic amines) is 3. The lowest BCUT2D eigenvalue weighted by molar-refractivity contribution is -0.139. The topological polar surface area (TPSA) is 53.1 Å². The summed E-state index contributed by atoms with van der Waals surface area (Å²) in [5, 5.41) is 0. The van der Waals surface area contributed by atoms with Gasteiger partial charge in [0.05, 0.1) is 12.5 Å². The molecule has 0 aromatic heterocycles. The van der Waals surface area contributed by atoms with Crippen molar-refractivity contribution in [3.63, 3.8) is 0 Å². The molecule has 7 heteroatoms. The van der Waals surface area contributed by atoms with Gasteiger partial charge in [0.2, 0.25) is 5.91 Å². The van der Waals surface area contributed by atoms with E-state index >= 15 is 0 Å². The maximum atomic E-state index is 13.9. The molecular formula is C41H44BrN3O3. The zero-order valence-electron chi connectivity index (χ0n) is 27.7. The van der Waals surface area contributed by atoms with Gasteiger partial charge in [0.25, 0.3) is 5.91 Å². The average Bonchev–Trinajstić information content (AvgIpc) is 3.68. The Morgan fingerprint density at radius 2 is 1.48 bits per heavy atom. The van der Waals surface area contributed by atoms with Crippen molar-refractivity contribution in [3.8, 4) is 5.75 Å². The van der Waals surface area contributed by atoms with Gasteiger partial charge in [-0.3, -0.25) is 9.59 Å². The van der Waals surface area contributed by atoms with Crippen LogP contribution in [0.5, 0.6) is 5.75 Å². The molecule has 2 amide bonds. The Hall–Kier alpha value is -3.94. The van der Waals surface area contributed by atoms with Gasteiger partial charge in [-0.1, -0.05) is 88.7 Å². The minimum atomic E-state index is -0.235. The standard InChI is InChI=1S/C41H44BrN3O3/c1-48-37-9-5-8-34(25-37)39(46)45-28-35(38(29-45)33-6-3-2-4-7-33)27-43-21-18-41(19-22-43)20-23-44(40(41)47)26-32-12-10-30(11-13-32)24-31-14-16-36(42)17-15-31/h2-17,25,35,38H,18-24,26-29H2,1H3/t35-,38+/m0/s1. The fourth-order valence-electron chi connectivity index (χ4n) is 8.06. The summed E-state index contributed by atoms with van der Waals surface area (Å²) in [5.41, 5.74) is 5.49. The molecular weight excluding hydrogens is 662 g/mol. The molecule has 48 heavy (non-hydrogen) atoms. The average molecular weight is 707 g/mol. The number of hydrogen-bond acceptors (Lipinski definition) is 4. The first-order chi connectivity index (χ1) is 23.4. The number of halogens is 1. The molecule has 248 valence electrons. The van der Waals surface area contributed by atoms with Crippen LogP contribution < -0.4 is 4.74 Å². The molecule has 1 spiro atoms. The molecule has 0 aliphatic carbocycles. The predicted molar refractivity (Wildman–Crippen MR) is 193 cm³/mol. The summed E-state index contributed by atoms with van der Waals surface area (Å²) in [4.78, 5) is 34.1. The van der Waals surface area contributed by atoms with Gasteiger partial charge in [-0.25, -0.2) is 0 Å². The number of piperidine rings is 1. The summed E-state index contributed by atoms with van der Waals surface area (Å²) in [7, 11) is 1.63. The van der Waals surface area contributed by atoms with Gasteiger partial charge in [-0.2, -0.15) is 0 Å². The third-order valence-corrected chi connectivity index (χ3v) is 11.4. The Morgan fingerprint density at radius 1 is 0.812 bits per heavy atom. The molecule has 3 saturated heterocycles. The second-order valence-electron chi connectivity index (χ2n) is 13.9. The number of benzene rings is 4. The molecule has 4 aromatic carbocycles. The predicted octanol–water partition coefficient (Wildman–Crippen LogP) is 7.42. The van der Waals surface area contributed by atoms with Crippen molar-refractivity contribution in [2.45, 2.75) is 38.1 Å². The minimum Gasteiger partial charge on any atom is -0.497 e. The Morgan fingerprint density at radius 3 is 2.19 bits per heavy atom. The number of carbonyl (C=O) groups excluding carboxylic acids is 2. The van der Waals surface area contributed by atoms with Gasteiger partial charge in [-0.05, 0) is 97.3 Å². The number of methoxy groups -OCH3 is 1. The van der Waals surface area contributed by atoms with Gasteiger partial charge in [0.1, 0.15) is 5.75 Å². The molecule has 3 aliphatic heterocycles. The third kappa shape index (κ3) is 7.08. The number of ether oxygens (including phenoxy) is 1. The maximum absolute atomic E-state index is 13.9. The van der Waals surface area contributed by atoms with Gasteiger partial charge >= 0.3 is 0 Å². The van der Waals surface area contributed by atoms with Crippen LogP contribution in [0.3, 0.4) is 0 Å². The summed E-state index contributed by atoms with van der Waals surface area (Å²) in [6.07, 6.45) is 3.66. The van der Waals surface area contributed by atoms with Crippen LogP contribution in [0.1, 0.15) is 57.8 Å². The Bertz CT molecular complexity index is 1720. The molecule has 0 unspecified atom stereocenters. The zero-order chi connectivity index (χ0) is 33.1. The SMILES string of the molecule is COc1cccc(C(=O)N2C[C@H](CN3CCC4(CC3)CCN(Cc3ccc(Cc5ccc(Br)cc5)cc3)C4=O)[C@@H](c3ccccc3)C2)c1. The number of hydrogen-bond donors (Lipinski definition) is 0. The fourth-order valence-corrected chi connectivity index (χ4v) is 8.33. The van der Waals surface area contributed by atoms with E-state index in [1.165, 1.54) is 22.3 Å². The lowest BCUT2D eigenvalue weighted by atomic mass is 9.76. The normalized spacial score (nSPS) is 20.8. The molecule has 0 N–H and O–H groups in total. The van der Waals surface area contributed by atoms with Crippen molar-refractivity contribution >= 4 is 27.7 Å². The van der Waals surface area contributed by atoms with E-state index in [0.717, 1.165) is 62.9 Å². The molecule has 3 fully saturated rings. The fraction of sp³-hybridized carbons (Fsp3) is 0.366.